The number of nitrogens with zero attached hydrogens (tertiary/aromatic N) is 3. The maximum absolute atomic E-state index is 11.9. The normalized spacial score (nSPS) is 18.1. The van der Waals surface area contributed by atoms with Gasteiger partial charge in [0.05, 0.1) is 26.4 Å². The van der Waals surface area contributed by atoms with Crippen molar-refractivity contribution < 1.29 is 14.3 Å². The van der Waals surface area contributed by atoms with E-state index in [0.717, 1.165) is 58.2 Å². The molecule has 0 bridgehead atoms. The highest BCUT2D eigenvalue weighted by atomic mass is 127. The maximum Gasteiger partial charge on any atom is 0.409 e. The number of guanidine groups is 1. The van der Waals surface area contributed by atoms with Crippen molar-refractivity contribution in [2.24, 2.45) is 4.99 Å². The molecule has 2 heterocycles. The number of ether oxygens (including phenoxy) is 2. The topological polar surface area (TPSA) is 78.4 Å². The average Bonchev–Trinajstić information content (AvgIpc) is 2.79. The smallest absolute Gasteiger partial charge is 0.409 e. The van der Waals surface area contributed by atoms with Gasteiger partial charge in [-0.25, -0.2) is 9.79 Å². The molecular weight excluding hydrogens is 521 g/mol. The minimum absolute atomic E-state index is 0. The lowest BCUT2D eigenvalue weighted by Crippen LogP contribution is -2.49. The van der Waals surface area contributed by atoms with Crippen molar-refractivity contribution in [3.05, 3.63) is 35.4 Å². The van der Waals surface area contributed by atoms with Crippen LogP contribution in [-0.2, 0) is 22.6 Å². The predicted molar refractivity (Wildman–Crippen MR) is 138 cm³/mol. The number of likely N-dealkylation sites (tertiary alicyclic amines) is 1. The molecule has 0 aromatic heterocycles. The van der Waals surface area contributed by atoms with Crippen LogP contribution in [0.3, 0.4) is 0 Å². The summed E-state index contributed by atoms with van der Waals surface area (Å²) in [5, 5.41) is 6.88. The maximum atomic E-state index is 11.9. The Hall–Kier alpha value is -1.59. The van der Waals surface area contributed by atoms with Gasteiger partial charge in [-0.15, -0.1) is 24.0 Å². The Morgan fingerprint density at radius 2 is 1.88 bits per heavy atom. The van der Waals surface area contributed by atoms with Crippen LogP contribution in [0.5, 0.6) is 0 Å². The molecule has 0 saturated carbocycles. The Labute approximate surface area is 209 Å². The largest absolute Gasteiger partial charge is 0.450 e. The first-order chi connectivity index (χ1) is 15.2. The molecule has 9 heteroatoms. The van der Waals surface area contributed by atoms with E-state index < -0.39 is 0 Å². The summed E-state index contributed by atoms with van der Waals surface area (Å²) in [7, 11) is 0. The fraction of sp³-hybridized carbons (Fsp3) is 0.652. The SMILES string of the molecule is CCNC(=NCc1cccc(CN2CCOCC2)c1)NC1CCN(C(=O)OCC)CC1.I. The first-order valence-corrected chi connectivity index (χ1v) is 11.5. The van der Waals surface area contributed by atoms with E-state index in [0.29, 0.717) is 32.3 Å². The molecule has 2 fully saturated rings. The van der Waals surface area contributed by atoms with Crippen molar-refractivity contribution in [1.29, 1.82) is 0 Å². The molecule has 1 aromatic rings. The second-order valence-electron chi connectivity index (χ2n) is 8.01. The van der Waals surface area contributed by atoms with E-state index in [2.05, 4.69) is 46.7 Å². The van der Waals surface area contributed by atoms with Crippen LogP contribution in [0.2, 0.25) is 0 Å². The van der Waals surface area contributed by atoms with Gasteiger partial charge in [0.1, 0.15) is 0 Å². The van der Waals surface area contributed by atoms with Crippen molar-refractivity contribution in [2.45, 2.75) is 45.8 Å². The highest BCUT2D eigenvalue weighted by Gasteiger charge is 2.24. The Balaban J connectivity index is 0.00000363. The number of amides is 1. The molecule has 1 aromatic carbocycles. The van der Waals surface area contributed by atoms with Gasteiger partial charge in [-0.2, -0.15) is 0 Å². The summed E-state index contributed by atoms with van der Waals surface area (Å²) in [6.45, 7) is 11.8. The van der Waals surface area contributed by atoms with E-state index in [9.17, 15) is 4.79 Å². The Bertz CT molecular complexity index is 719. The predicted octanol–water partition coefficient (Wildman–Crippen LogP) is 2.81. The van der Waals surface area contributed by atoms with E-state index in [1.807, 2.05) is 6.92 Å². The summed E-state index contributed by atoms with van der Waals surface area (Å²) in [5.74, 6) is 0.829. The molecule has 32 heavy (non-hydrogen) atoms. The van der Waals surface area contributed by atoms with Crippen LogP contribution in [0.1, 0.15) is 37.8 Å². The van der Waals surface area contributed by atoms with Gasteiger partial charge in [0.25, 0.3) is 0 Å². The monoisotopic (exact) mass is 559 g/mol. The number of benzene rings is 1. The minimum atomic E-state index is -0.210. The zero-order valence-electron chi connectivity index (χ0n) is 19.3. The molecule has 0 radical (unpaired) electrons. The first-order valence-electron chi connectivity index (χ1n) is 11.5. The lowest BCUT2D eigenvalue weighted by atomic mass is 10.1. The number of halogens is 1. The van der Waals surface area contributed by atoms with Gasteiger partial charge in [-0.05, 0) is 37.8 Å². The number of morpholine rings is 1. The number of aliphatic imine (C=N–C) groups is 1. The zero-order chi connectivity index (χ0) is 21.9. The van der Waals surface area contributed by atoms with Gasteiger partial charge in [0.15, 0.2) is 5.96 Å². The second-order valence-corrected chi connectivity index (χ2v) is 8.01. The molecule has 1 amide bonds. The third kappa shape index (κ3) is 8.74. The molecule has 0 spiro atoms. The second kappa shape index (κ2) is 14.5. The molecule has 3 rings (SSSR count). The van der Waals surface area contributed by atoms with Crippen LogP contribution in [0.15, 0.2) is 29.3 Å². The van der Waals surface area contributed by atoms with Gasteiger partial charge < -0.3 is 25.0 Å². The van der Waals surface area contributed by atoms with Crippen LogP contribution in [0.25, 0.3) is 0 Å². The van der Waals surface area contributed by atoms with Crippen LogP contribution in [0, 0.1) is 0 Å². The quantitative estimate of drug-likeness (QED) is 0.304. The van der Waals surface area contributed by atoms with Crippen molar-refractivity contribution in [1.82, 2.24) is 20.4 Å². The minimum Gasteiger partial charge on any atom is -0.450 e. The van der Waals surface area contributed by atoms with Gasteiger partial charge >= 0.3 is 6.09 Å². The van der Waals surface area contributed by atoms with E-state index in [-0.39, 0.29) is 30.1 Å². The summed E-state index contributed by atoms with van der Waals surface area (Å²) < 4.78 is 10.5. The highest BCUT2D eigenvalue weighted by molar-refractivity contribution is 14.0. The number of piperidine rings is 1. The average molecular weight is 559 g/mol. The molecule has 2 N–H and O–H groups in total. The molecule has 8 nitrogen and oxygen atoms in total. The van der Waals surface area contributed by atoms with Crippen LogP contribution < -0.4 is 10.6 Å². The summed E-state index contributed by atoms with van der Waals surface area (Å²) in [4.78, 5) is 20.9. The number of carbonyl (C=O) groups excluding carboxylic acids is 1. The molecule has 2 aliphatic rings. The summed E-state index contributed by atoms with van der Waals surface area (Å²) >= 11 is 0. The number of carbonyl (C=O) groups is 1. The molecular formula is C23H38IN5O3. The van der Waals surface area contributed by atoms with Gasteiger partial charge in [-0.1, -0.05) is 24.3 Å². The van der Waals surface area contributed by atoms with Gasteiger partial charge in [0, 0.05) is 45.3 Å². The van der Waals surface area contributed by atoms with Crippen LogP contribution in [-0.4, -0.2) is 80.4 Å². The Morgan fingerprint density at radius 1 is 1.16 bits per heavy atom. The standard InChI is InChI=1S/C23H37N5O3.HI/c1-3-24-22(26-21-8-10-28(11-9-21)23(29)31-4-2)25-17-19-6-5-7-20(16-19)18-27-12-14-30-15-13-27;/h5-7,16,21H,3-4,8-15,17-18H2,1-2H3,(H2,24,25,26);1H. The van der Waals surface area contributed by atoms with E-state index in [1.54, 1.807) is 4.90 Å². The number of nitrogens with one attached hydrogen (secondary N) is 2. The fourth-order valence-corrected chi connectivity index (χ4v) is 3.95. The molecule has 2 saturated heterocycles. The first kappa shape index (κ1) is 26.7. The summed E-state index contributed by atoms with van der Waals surface area (Å²) in [6, 6.07) is 8.99. The number of hydrogen-bond acceptors (Lipinski definition) is 5. The Morgan fingerprint density at radius 3 is 2.56 bits per heavy atom. The number of hydrogen-bond donors (Lipinski definition) is 2. The number of rotatable bonds is 7. The van der Waals surface area contributed by atoms with Crippen molar-refractivity contribution >= 4 is 36.0 Å². The van der Waals surface area contributed by atoms with Crippen LogP contribution in [0.4, 0.5) is 4.79 Å². The van der Waals surface area contributed by atoms with E-state index in [4.69, 9.17) is 14.5 Å². The third-order valence-corrected chi connectivity index (χ3v) is 5.63. The highest BCUT2D eigenvalue weighted by Crippen LogP contribution is 2.13. The van der Waals surface area contributed by atoms with Gasteiger partial charge in [0.2, 0.25) is 0 Å². The molecule has 180 valence electrons. The molecule has 0 atom stereocenters. The Kier molecular flexibility index (Phi) is 12.1. The van der Waals surface area contributed by atoms with E-state index in [1.165, 1.54) is 11.1 Å². The molecule has 0 unspecified atom stereocenters. The van der Waals surface area contributed by atoms with Crippen molar-refractivity contribution in [2.75, 3.05) is 52.5 Å². The molecule has 0 aliphatic carbocycles. The fourth-order valence-electron chi connectivity index (χ4n) is 3.95. The lowest BCUT2D eigenvalue weighted by molar-refractivity contribution is 0.0342. The third-order valence-electron chi connectivity index (χ3n) is 5.63. The van der Waals surface area contributed by atoms with Crippen molar-refractivity contribution in [3.8, 4) is 0 Å². The van der Waals surface area contributed by atoms with E-state index >= 15 is 0 Å². The van der Waals surface area contributed by atoms with Gasteiger partial charge in [-0.3, -0.25) is 4.90 Å². The lowest BCUT2D eigenvalue weighted by Gasteiger charge is -2.32. The zero-order valence-corrected chi connectivity index (χ0v) is 21.7. The summed E-state index contributed by atoms with van der Waals surface area (Å²) in [5.41, 5.74) is 2.53. The van der Waals surface area contributed by atoms with Crippen molar-refractivity contribution in [3.63, 3.8) is 0 Å². The van der Waals surface area contributed by atoms with Crippen LogP contribution >= 0.6 is 24.0 Å². The molecule has 2 aliphatic heterocycles. The summed E-state index contributed by atoms with van der Waals surface area (Å²) in [6.07, 6.45) is 1.56.